The lowest BCUT2D eigenvalue weighted by atomic mass is 10.2. The topological polar surface area (TPSA) is 32.8 Å². The van der Waals surface area contributed by atoms with E-state index in [1.165, 1.54) is 0 Å². The summed E-state index contributed by atoms with van der Waals surface area (Å²) in [7, 11) is 5.18. The Labute approximate surface area is 86.8 Å². The van der Waals surface area contributed by atoms with Gasteiger partial charge in [0.05, 0.1) is 6.61 Å². The van der Waals surface area contributed by atoms with Crippen molar-refractivity contribution in [3.05, 3.63) is 0 Å². The minimum atomic E-state index is 0.0522. The van der Waals surface area contributed by atoms with Crippen LogP contribution in [0.1, 0.15) is 20.3 Å². The second kappa shape index (κ2) is 6.65. The van der Waals surface area contributed by atoms with Gasteiger partial charge in [-0.1, -0.05) is 6.92 Å². The largest absolute Gasteiger partial charge is 0.383 e. The summed E-state index contributed by atoms with van der Waals surface area (Å²) in [4.78, 5) is 15.2. The van der Waals surface area contributed by atoms with Crippen molar-refractivity contribution in [3.8, 4) is 0 Å². The van der Waals surface area contributed by atoms with Crippen molar-refractivity contribution in [1.82, 2.24) is 9.80 Å². The van der Waals surface area contributed by atoms with Crippen LogP contribution in [0.2, 0.25) is 0 Å². The summed E-state index contributed by atoms with van der Waals surface area (Å²) in [6.07, 6.45) is 0.962. The molecule has 1 atom stereocenters. The molecule has 0 rings (SSSR count). The summed E-state index contributed by atoms with van der Waals surface area (Å²) in [6, 6.07) is 0.316. The zero-order chi connectivity index (χ0) is 11.1. The van der Waals surface area contributed by atoms with E-state index in [0.717, 1.165) is 6.42 Å². The van der Waals surface area contributed by atoms with E-state index in [1.807, 2.05) is 4.90 Å². The van der Waals surface area contributed by atoms with Gasteiger partial charge < -0.3 is 14.5 Å². The van der Waals surface area contributed by atoms with E-state index >= 15 is 0 Å². The minimum absolute atomic E-state index is 0.0522. The molecule has 0 saturated heterocycles. The molecule has 0 spiro atoms. The third-order valence-electron chi connectivity index (χ3n) is 2.29. The Hall–Kier alpha value is -0.770. The highest BCUT2D eigenvalue weighted by molar-refractivity contribution is 5.74. The van der Waals surface area contributed by atoms with Crippen molar-refractivity contribution in [2.75, 3.05) is 34.4 Å². The first-order valence-corrected chi connectivity index (χ1v) is 5.01. The molecule has 0 aliphatic rings. The van der Waals surface area contributed by atoms with Crippen LogP contribution < -0.4 is 0 Å². The monoisotopic (exact) mass is 202 g/mol. The Morgan fingerprint density at radius 2 is 2.00 bits per heavy atom. The molecule has 0 aromatic heterocycles. The van der Waals surface area contributed by atoms with Crippen molar-refractivity contribution >= 4 is 6.03 Å². The molecular formula is C10H22N2O2. The second-order valence-electron chi connectivity index (χ2n) is 3.62. The first kappa shape index (κ1) is 13.2. The van der Waals surface area contributed by atoms with Crippen LogP contribution in [0.4, 0.5) is 4.79 Å². The first-order valence-electron chi connectivity index (χ1n) is 5.01. The Morgan fingerprint density at radius 3 is 2.36 bits per heavy atom. The molecule has 0 saturated carbocycles. The van der Waals surface area contributed by atoms with Crippen molar-refractivity contribution in [1.29, 1.82) is 0 Å². The maximum atomic E-state index is 11.7. The van der Waals surface area contributed by atoms with Gasteiger partial charge >= 0.3 is 6.03 Å². The maximum absolute atomic E-state index is 11.7. The van der Waals surface area contributed by atoms with Gasteiger partial charge in [0.25, 0.3) is 0 Å². The van der Waals surface area contributed by atoms with E-state index in [9.17, 15) is 4.79 Å². The molecular weight excluding hydrogens is 180 g/mol. The van der Waals surface area contributed by atoms with Gasteiger partial charge in [-0.3, -0.25) is 0 Å². The lowest BCUT2D eigenvalue weighted by molar-refractivity contribution is 0.117. The maximum Gasteiger partial charge on any atom is 0.319 e. The number of urea groups is 1. The zero-order valence-electron chi connectivity index (χ0n) is 9.91. The summed E-state index contributed by atoms with van der Waals surface area (Å²) < 4.78 is 4.98. The minimum Gasteiger partial charge on any atom is -0.383 e. The van der Waals surface area contributed by atoms with Crippen molar-refractivity contribution < 1.29 is 9.53 Å². The number of carbonyl (C=O) groups excluding carboxylic acids is 1. The van der Waals surface area contributed by atoms with E-state index in [-0.39, 0.29) is 12.1 Å². The molecule has 0 heterocycles. The van der Waals surface area contributed by atoms with Gasteiger partial charge in [-0.15, -0.1) is 0 Å². The van der Waals surface area contributed by atoms with Gasteiger partial charge in [0.1, 0.15) is 0 Å². The van der Waals surface area contributed by atoms with Crippen LogP contribution in [-0.2, 0) is 4.74 Å². The van der Waals surface area contributed by atoms with Gasteiger partial charge in [-0.25, -0.2) is 4.79 Å². The van der Waals surface area contributed by atoms with E-state index < -0.39 is 0 Å². The number of rotatable bonds is 5. The number of hydrogen-bond acceptors (Lipinski definition) is 2. The fourth-order valence-corrected chi connectivity index (χ4v) is 1.17. The summed E-state index contributed by atoms with van der Waals surface area (Å²) in [5.74, 6) is 0. The molecule has 0 fully saturated rings. The average Bonchev–Trinajstić information content (AvgIpc) is 2.17. The highest BCUT2D eigenvalue weighted by atomic mass is 16.5. The third-order valence-corrected chi connectivity index (χ3v) is 2.29. The summed E-state index contributed by atoms with van der Waals surface area (Å²) in [5.41, 5.74) is 0. The van der Waals surface area contributed by atoms with Gasteiger partial charge in [-0.05, 0) is 13.3 Å². The summed E-state index contributed by atoms with van der Waals surface area (Å²) >= 11 is 0. The predicted octanol–water partition coefficient (Wildman–Crippen LogP) is 1.41. The van der Waals surface area contributed by atoms with Crippen LogP contribution in [0, 0.1) is 0 Å². The predicted molar refractivity (Wildman–Crippen MR) is 57.4 cm³/mol. The Bertz CT molecular complexity index is 172. The molecule has 1 unspecified atom stereocenters. The molecule has 2 amide bonds. The fourth-order valence-electron chi connectivity index (χ4n) is 1.17. The Balaban J connectivity index is 4.30. The van der Waals surface area contributed by atoms with Crippen LogP contribution in [0.3, 0.4) is 0 Å². The molecule has 0 aliphatic heterocycles. The number of carbonyl (C=O) groups is 1. The molecule has 0 aromatic rings. The number of amides is 2. The van der Waals surface area contributed by atoms with Crippen LogP contribution >= 0.6 is 0 Å². The highest BCUT2D eigenvalue weighted by Gasteiger charge is 2.19. The molecule has 0 N–H and O–H groups in total. The molecule has 0 aromatic carbocycles. The number of hydrogen-bond donors (Lipinski definition) is 0. The van der Waals surface area contributed by atoms with E-state index in [1.54, 1.807) is 26.1 Å². The lowest BCUT2D eigenvalue weighted by Crippen LogP contribution is -2.45. The normalized spacial score (nSPS) is 12.4. The number of nitrogens with zero attached hydrogens (tertiary/aromatic N) is 2. The van der Waals surface area contributed by atoms with Gasteiger partial charge in [-0.2, -0.15) is 0 Å². The molecule has 0 aliphatic carbocycles. The van der Waals surface area contributed by atoms with Crippen molar-refractivity contribution in [2.24, 2.45) is 0 Å². The molecule has 84 valence electrons. The Kier molecular flexibility index (Phi) is 6.28. The molecule has 4 nitrogen and oxygen atoms in total. The average molecular weight is 202 g/mol. The Morgan fingerprint density at radius 1 is 1.43 bits per heavy atom. The van der Waals surface area contributed by atoms with Crippen molar-refractivity contribution in [3.63, 3.8) is 0 Å². The van der Waals surface area contributed by atoms with Gasteiger partial charge in [0.2, 0.25) is 0 Å². The lowest BCUT2D eigenvalue weighted by Gasteiger charge is -2.30. The van der Waals surface area contributed by atoms with Gasteiger partial charge in [0, 0.05) is 33.8 Å². The molecule has 0 radical (unpaired) electrons. The fraction of sp³-hybridized carbons (Fsp3) is 0.900. The highest BCUT2D eigenvalue weighted by Crippen LogP contribution is 2.05. The SMILES string of the molecule is CCC(C)N(CCOC)C(=O)N(C)C. The molecule has 14 heavy (non-hydrogen) atoms. The van der Waals surface area contributed by atoms with E-state index in [4.69, 9.17) is 4.74 Å². The van der Waals surface area contributed by atoms with Crippen LogP contribution in [0.25, 0.3) is 0 Å². The summed E-state index contributed by atoms with van der Waals surface area (Å²) in [5, 5.41) is 0. The van der Waals surface area contributed by atoms with Gasteiger partial charge in [0.15, 0.2) is 0 Å². The third kappa shape index (κ3) is 3.96. The van der Waals surface area contributed by atoms with E-state index in [2.05, 4.69) is 13.8 Å². The first-order chi connectivity index (χ1) is 6.54. The quantitative estimate of drug-likeness (QED) is 0.675. The van der Waals surface area contributed by atoms with E-state index in [0.29, 0.717) is 13.2 Å². The number of ether oxygens (including phenoxy) is 1. The second-order valence-corrected chi connectivity index (χ2v) is 3.62. The smallest absolute Gasteiger partial charge is 0.319 e. The van der Waals surface area contributed by atoms with Crippen LogP contribution in [0.15, 0.2) is 0 Å². The summed E-state index contributed by atoms with van der Waals surface area (Å²) in [6.45, 7) is 5.37. The van der Waals surface area contributed by atoms with Crippen LogP contribution in [0.5, 0.6) is 0 Å². The standard InChI is InChI=1S/C10H22N2O2/c1-6-9(2)12(7-8-14-5)10(13)11(3)4/h9H,6-8H2,1-5H3. The van der Waals surface area contributed by atoms with Crippen LogP contribution in [-0.4, -0.2) is 56.2 Å². The number of methoxy groups -OCH3 is 1. The molecule has 4 heteroatoms. The zero-order valence-corrected chi connectivity index (χ0v) is 9.91. The van der Waals surface area contributed by atoms with Crippen molar-refractivity contribution in [2.45, 2.75) is 26.3 Å². The molecule has 0 bridgehead atoms.